The fourth-order valence-electron chi connectivity index (χ4n) is 2.56. The Balaban J connectivity index is 1.82. The van der Waals surface area contributed by atoms with E-state index in [2.05, 4.69) is 5.32 Å². The van der Waals surface area contributed by atoms with Gasteiger partial charge in [0.2, 0.25) is 5.91 Å². The van der Waals surface area contributed by atoms with Gasteiger partial charge in [-0.15, -0.1) is 0 Å². The Hall–Kier alpha value is -2.57. The first-order valence-corrected chi connectivity index (χ1v) is 8.05. The van der Waals surface area contributed by atoms with Crippen LogP contribution < -0.4 is 10.1 Å². The number of halogens is 4. The van der Waals surface area contributed by atoms with Crippen molar-refractivity contribution in [2.45, 2.75) is 25.4 Å². The maximum atomic E-state index is 13.6. The summed E-state index contributed by atoms with van der Waals surface area (Å²) in [6, 6.07) is 9.73. The monoisotopic (exact) mass is 369 g/mol. The lowest BCUT2D eigenvalue weighted by molar-refractivity contribution is -0.138. The minimum Gasteiger partial charge on any atom is -0.494 e. The molecule has 0 heterocycles. The Morgan fingerprint density at radius 2 is 1.85 bits per heavy atom. The SMILES string of the molecule is COc1ccc(CCC(=O)NCCc2ccccc2C(F)(F)F)cc1F. The van der Waals surface area contributed by atoms with Crippen LogP contribution in [0.4, 0.5) is 17.6 Å². The minimum absolute atomic E-state index is 0.0819. The zero-order valence-corrected chi connectivity index (χ0v) is 14.2. The third-order valence-electron chi connectivity index (χ3n) is 3.90. The van der Waals surface area contributed by atoms with Crippen molar-refractivity contribution in [3.05, 3.63) is 65.0 Å². The van der Waals surface area contributed by atoms with Crippen molar-refractivity contribution in [2.75, 3.05) is 13.7 Å². The zero-order chi connectivity index (χ0) is 19.2. The van der Waals surface area contributed by atoms with Crippen molar-refractivity contribution in [3.63, 3.8) is 0 Å². The fourth-order valence-corrected chi connectivity index (χ4v) is 2.56. The molecule has 0 aliphatic rings. The van der Waals surface area contributed by atoms with Gasteiger partial charge in [-0.3, -0.25) is 4.79 Å². The summed E-state index contributed by atoms with van der Waals surface area (Å²) in [7, 11) is 1.36. The lowest BCUT2D eigenvalue weighted by atomic mass is 10.0. The van der Waals surface area contributed by atoms with Crippen molar-refractivity contribution >= 4 is 5.91 Å². The molecule has 0 aliphatic carbocycles. The van der Waals surface area contributed by atoms with Gasteiger partial charge in [0.1, 0.15) is 0 Å². The zero-order valence-electron chi connectivity index (χ0n) is 14.2. The van der Waals surface area contributed by atoms with Crippen LogP contribution in [0.25, 0.3) is 0 Å². The molecule has 1 N–H and O–H groups in total. The van der Waals surface area contributed by atoms with Gasteiger partial charge in [0.15, 0.2) is 11.6 Å². The van der Waals surface area contributed by atoms with Gasteiger partial charge in [-0.25, -0.2) is 4.39 Å². The number of hydrogen-bond donors (Lipinski definition) is 1. The molecule has 0 unspecified atom stereocenters. The first-order chi connectivity index (χ1) is 12.3. The summed E-state index contributed by atoms with van der Waals surface area (Å²) < 4.78 is 57.1. The average molecular weight is 369 g/mol. The second-order valence-electron chi connectivity index (χ2n) is 5.72. The molecule has 26 heavy (non-hydrogen) atoms. The van der Waals surface area contributed by atoms with E-state index in [1.165, 1.54) is 37.4 Å². The number of methoxy groups -OCH3 is 1. The van der Waals surface area contributed by atoms with Gasteiger partial charge in [-0.1, -0.05) is 24.3 Å². The number of ether oxygens (including phenoxy) is 1. The fraction of sp³-hybridized carbons (Fsp3) is 0.316. The molecule has 3 nitrogen and oxygen atoms in total. The highest BCUT2D eigenvalue weighted by Gasteiger charge is 2.32. The van der Waals surface area contributed by atoms with Crippen LogP contribution in [-0.4, -0.2) is 19.6 Å². The molecule has 0 aromatic heterocycles. The van der Waals surface area contributed by atoms with Gasteiger partial charge in [0.25, 0.3) is 0 Å². The number of benzene rings is 2. The predicted molar refractivity (Wildman–Crippen MR) is 89.4 cm³/mol. The first-order valence-electron chi connectivity index (χ1n) is 8.05. The maximum absolute atomic E-state index is 13.6. The molecule has 0 radical (unpaired) electrons. The summed E-state index contributed by atoms with van der Waals surface area (Å²) in [5.74, 6) is -0.679. The highest BCUT2D eigenvalue weighted by molar-refractivity contribution is 5.76. The van der Waals surface area contributed by atoms with Gasteiger partial charge < -0.3 is 10.1 Å². The van der Waals surface area contributed by atoms with Crippen LogP contribution >= 0.6 is 0 Å². The molecule has 7 heteroatoms. The van der Waals surface area contributed by atoms with Crippen molar-refractivity contribution in [3.8, 4) is 5.75 Å². The van der Waals surface area contributed by atoms with Gasteiger partial charge in [-0.05, 0) is 42.2 Å². The van der Waals surface area contributed by atoms with E-state index in [9.17, 15) is 22.4 Å². The number of carbonyl (C=O) groups is 1. The normalized spacial score (nSPS) is 11.3. The van der Waals surface area contributed by atoms with Crippen LogP contribution in [0.1, 0.15) is 23.1 Å². The molecule has 0 spiro atoms. The van der Waals surface area contributed by atoms with E-state index in [1.807, 2.05) is 0 Å². The molecule has 1 amide bonds. The molecule has 0 atom stereocenters. The van der Waals surface area contributed by atoms with E-state index in [0.717, 1.165) is 6.07 Å². The third kappa shape index (κ3) is 5.47. The van der Waals surface area contributed by atoms with Gasteiger partial charge in [0, 0.05) is 13.0 Å². The maximum Gasteiger partial charge on any atom is 0.416 e. The van der Waals surface area contributed by atoms with Gasteiger partial charge in [0.05, 0.1) is 12.7 Å². The van der Waals surface area contributed by atoms with Crippen molar-refractivity contribution < 1.29 is 27.1 Å². The highest BCUT2D eigenvalue weighted by atomic mass is 19.4. The Morgan fingerprint density at radius 1 is 1.12 bits per heavy atom. The number of alkyl halides is 3. The Bertz CT molecular complexity index is 759. The van der Waals surface area contributed by atoms with Crippen molar-refractivity contribution in [2.24, 2.45) is 0 Å². The lowest BCUT2D eigenvalue weighted by Gasteiger charge is -2.13. The van der Waals surface area contributed by atoms with Crippen LogP contribution in [-0.2, 0) is 23.8 Å². The number of rotatable bonds is 7. The van der Waals surface area contributed by atoms with Crippen LogP contribution in [0.3, 0.4) is 0 Å². The number of aryl methyl sites for hydroxylation is 1. The second kappa shape index (κ2) is 8.69. The summed E-state index contributed by atoms with van der Waals surface area (Å²) in [6.45, 7) is 0.100. The topological polar surface area (TPSA) is 38.3 Å². The Labute approximate surface area is 149 Å². The quantitative estimate of drug-likeness (QED) is 0.745. The molecule has 0 fully saturated rings. The molecular formula is C19H19F4NO2. The van der Waals surface area contributed by atoms with Crippen molar-refractivity contribution in [1.29, 1.82) is 0 Å². The Morgan fingerprint density at radius 3 is 2.50 bits per heavy atom. The molecule has 0 bridgehead atoms. The standard InChI is InChI=1S/C19H19F4NO2/c1-26-17-8-6-13(12-16(17)20)7-9-18(25)24-11-10-14-4-2-3-5-15(14)19(21,22)23/h2-6,8,12H,7,9-11H2,1H3,(H,24,25). The highest BCUT2D eigenvalue weighted by Crippen LogP contribution is 2.31. The molecule has 0 aliphatic heterocycles. The molecule has 140 valence electrons. The average Bonchev–Trinajstić information content (AvgIpc) is 2.59. The van der Waals surface area contributed by atoms with E-state index in [-0.39, 0.29) is 36.6 Å². The van der Waals surface area contributed by atoms with Crippen molar-refractivity contribution in [1.82, 2.24) is 5.32 Å². The third-order valence-corrected chi connectivity index (χ3v) is 3.90. The molecular weight excluding hydrogens is 350 g/mol. The molecule has 0 saturated carbocycles. The van der Waals surface area contributed by atoms with Crippen LogP contribution in [0.5, 0.6) is 5.75 Å². The number of hydrogen-bond acceptors (Lipinski definition) is 2. The van der Waals surface area contributed by atoms with Crippen LogP contribution in [0.2, 0.25) is 0 Å². The molecule has 2 rings (SSSR count). The lowest BCUT2D eigenvalue weighted by Crippen LogP contribution is -2.26. The summed E-state index contributed by atoms with van der Waals surface area (Å²) in [5, 5.41) is 2.59. The van der Waals surface area contributed by atoms with E-state index in [4.69, 9.17) is 4.74 Å². The number of carbonyl (C=O) groups excluding carboxylic acids is 1. The summed E-state index contributed by atoms with van der Waals surface area (Å²) in [6.07, 6.45) is -3.89. The number of amides is 1. The molecule has 2 aromatic rings. The van der Waals surface area contributed by atoms with Crippen LogP contribution in [0.15, 0.2) is 42.5 Å². The van der Waals surface area contributed by atoms with E-state index in [1.54, 1.807) is 6.07 Å². The summed E-state index contributed by atoms with van der Waals surface area (Å²) in [4.78, 5) is 11.8. The van der Waals surface area contributed by atoms with Gasteiger partial charge >= 0.3 is 6.18 Å². The van der Waals surface area contributed by atoms with Crippen LogP contribution in [0, 0.1) is 5.82 Å². The smallest absolute Gasteiger partial charge is 0.416 e. The van der Waals surface area contributed by atoms with E-state index >= 15 is 0 Å². The van der Waals surface area contributed by atoms with E-state index in [0.29, 0.717) is 12.0 Å². The first kappa shape index (κ1) is 19.8. The summed E-state index contributed by atoms with van der Waals surface area (Å²) in [5.41, 5.74) is 0.0846. The van der Waals surface area contributed by atoms with E-state index < -0.39 is 17.6 Å². The largest absolute Gasteiger partial charge is 0.494 e. The molecule has 2 aromatic carbocycles. The minimum atomic E-state index is -4.42. The summed E-state index contributed by atoms with van der Waals surface area (Å²) >= 11 is 0. The second-order valence-corrected chi connectivity index (χ2v) is 5.72. The number of nitrogens with one attached hydrogen (secondary N) is 1. The van der Waals surface area contributed by atoms with Gasteiger partial charge in [-0.2, -0.15) is 13.2 Å². The predicted octanol–water partition coefficient (Wildman–Crippen LogP) is 4.14. The Kier molecular flexibility index (Phi) is 6.60. The molecule has 0 saturated heterocycles.